The van der Waals surface area contributed by atoms with Crippen molar-refractivity contribution in [2.75, 3.05) is 0 Å². The van der Waals surface area contributed by atoms with Crippen LogP contribution in [0.1, 0.15) is 24.4 Å². The molecule has 0 spiro atoms. The first-order valence-corrected chi connectivity index (χ1v) is 5.60. The Morgan fingerprint density at radius 2 is 2.22 bits per heavy atom. The predicted molar refractivity (Wildman–Crippen MR) is 65.2 cm³/mol. The molecule has 6 nitrogen and oxygen atoms in total. The molecule has 0 saturated heterocycles. The van der Waals surface area contributed by atoms with Crippen LogP contribution in [0, 0.1) is 0 Å². The monoisotopic (exact) mass is 246 g/mol. The molecule has 0 aliphatic carbocycles. The van der Waals surface area contributed by atoms with Crippen LogP contribution < -0.4 is 5.73 Å². The molecule has 0 radical (unpaired) electrons. The fourth-order valence-electron chi connectivity index (χ4n) is 1.78. The van der Waals surface area contributed by atoms with Crippen LogP contribution in [-0.2, 0) is 4.79 Å². The Kier molecular flexibility index (Phi) is 3.69. The molecule has 0 aliphatic heterocycles. The number of benzene rings is 1. The van der Waals surface area contributed by atoms with Crippen molar-refractivity contribution in [2.45, 2.75) is 18.9 Å². The van der Waals surface area contributed by atoms with Crippen LogP contribution in [0.2, 0.25) is 0 Å². The van der Waals surface area contributed by atoms with Gasteiger partial charge in [0.25, 0.3) is 0 Å². The van der Waals surface area contributed by atoms with Crippen molar-refractivity contribution < 1.29 is 9.90 Å². The summed E-state index contributed by atoms with van der Waals surface area (Å²) in [5.41, 5.74) is 7.72. The molecule has 2 aromatic rings. The van der Waals surface area contributed by atoms with Gasteiger partial charge in [-0.05, 0) is 18.1 Å². The summed E-state index contributed by atoms with van der Waals surface area (Å²) in [6, 6.07) is 7.18. The van der Waals surface area contributed by atoms with E-state index < -0.39 is 5.97 Å². The van der Waals surface area contributed by atoms with E-state index in [9.17, 15) is 4.79 Å². The van der Waals surface area contributed by atoms with Crippen molar-refractivity contribution in [3.8, 4) is 5.69 Å². The zero-order valence-electron chi connectivity index (χ0n) is 9.73. The Morgan fingerprint density at radius 3 is 2.89 bits per heavy atom. The molecule has 1 aromatic heterocycles. The van der Waals surface area contributed by atoms with Gasteiger partial charge in [0.15, 0.2) is 0 Å². The van der Waals surface area contributed by atoms with Crippen LogP contribution in [0.4, 0.5) is 0 Å². The maximum absolute atomic E-state index is 10.6. The summed E-state index contributed by atoms with van der Waals surface area (Å²) in [5.74, 6) is -0.844. The van der Waals surface area contributed by atoms with Gasteiger partial charge in [0.2, 0.25) is 0 Å². The van der Waals surface area contributed by atoms with Gasteiger partial charge in [0.1, 0.15) is 12.7 Å². The Bertz CT molecular complexity index is 525. The molecule has 0 aliphatic rings. The Labute approximate surface area is 104 Å². The minimum absolute atomic E-state index is 0.0485. The van der Waals surface area contributed by atoms with Crippen LogP contribution in [0.5, 0.6) is 0 Å². The maximum Gasteiger partial charge on any atom is 0.303 e. The Hall–Kier alpha value is -2.21. The topological polar surface area (TPSA) is 94.0 Å². The van der Waals surface area contributed by atoms with Crippen LogP contribution in [0.25, 0.3) is 5.69 Å². The molecule has 0 amide bonds. The summed E-state index contributed by atoms with van der Waals surface area (Å²) in [6.45, 7) is 0. The van der Waals surface area contributed by atoms with E-state index in [0.717, 1.165) is 11.3 Å². The lowest BCUT2D eigenvalue weighted by molar-refractivity contribution is -0.137. The van der Waals surface area contributed by atoms with E-state index in [1.165, 1.54) is 6.33 Å². The molecular weight excluding hydrogens is 232 g/mol. The highest BCUT2D eigenvalue weighted by molar-refractivity contribution is 5.66. The smallest absolute Gasteiger partial charge is 0.303 e. The summed E-state index contributed by atoms with van der Waals surface area (Å²) in [6.07, 6.45) is 3.47. The minimum atomic E-state index is -0.844. The average molecular weight is 246 g/mol. The number of nitrogens with two attached hydrogens (primary N) is 1. The number of carbonyl (C=O) groups is 1. The number of aromatic nitrogens is 3. The lowest BCUT2D eigenvalue weighted by atomic mass is 10.0. The van der Waals surface area contributed by atoms with E-state index in [4.69, 9.17) is 10.8 Å². The van der Waals surface area contributed by atoms with Crippen molar-refractivity contribution in [3.05, 3.63) is 42.5 Å². The molecule has 1 unspecified atom stereocenters. The number of carboxylic acid groups (broad SMARTS) is 1. The molecule has 1 aromatic carbocycles. The first-order valence-electron chi connectivity index (χ1n) is 5.60. The second kappa shape index (κ2) is 5.42. The van der Waals surface area contributed by atoms with Crippen LogP contribution in [0.3, 0.4) is 0 Å². The molecule has 1 atom stereocenters. The van der Waals surface area contributed by atoms with Gasteiger partial charge in [-0.15, -0.1) is 0 Å². The largest absolute Gasteiger partial charge is 0.481 e. The highest BCUT2D eigenvalue weighted by Crippen LogP contribution is 2.22. The van der Waals surface area contributed by atoms with Crippen molar-refractivity contribution >= 4 is 5.97 Å². The summed E-state index contributed by atoms with van der Waals surface area (Å²) < 4.78 is 1.62. The van der Waals surface area contributed by atoms with E-state index in [0.29, 0.717) is 6.42 Å². The lowest BCUT2D eigenvalue weighted by Crippen LogP contribution is -2.15. The molecule has 0 fully saturated rings. The molecule has 6 heteroatoms. The third-order valence-electron chi connectivity index (χ3n) is 2.67. The van der Waals surface area contributed by atoms with Crippen molar-refractivity contribution in [1.82, 2.24) is 14.8 Å². The highest BCUT2D eigenvalue weighted by Gasteiger charge is 2.13. The second-order valence-electron chi connectivity index (χ2n) is 3.94. The summed E-state index contributed by atoms with van der Waals surface area (Å²) in [5, 5.41) is 12.7. The van der Waals surface area contributed by atoms with E-state index in [-0.39, 0.29) is 12.5 Å². The maximum atomic E-state index is 10.6. The highest BCUT2D eigenvalue weighted by atomic mass is 16.4. The van der Waals surface area contributed by atoms with Crippen molar-refractivity contribution in [3.63, 3.8) is 0 Å². The molecule has 0 saturated carbocycles. The van der Waals surface area contributed by atoms with Gasteiger partial charge in [0, 0.05) is 12.5 Å². The fraction of sp³-hybridized carbons (Fsp3) is 0.250. The fourth-order valence-corrected chi connectivity index (χ4v) is 1.78. The normalized spacial score (nSPS) is 12.3. The number of hydrogen-bond donors (Lipinski definition) is 2. The number of para-hydroxylation sites is 1. The van der Waals surface area contributed by atoms with Gasteiger partial charge < -0.3 is 10.8 Å². The van der Waals surface area contributed by atoms with Gasteiger partial charge in [-0.2, -0.15) is 5.10 Å². The van der Waals surface area contributed by atoms with Crippen LogP contribution in [0.15, 0.2) is 36.9 Å². The zero-order chi connectivity index (χ0) is 13.0. The Balaban J connectivity index is 2.25. The number of hydrogen-bond acceptors (Lipinski definition) is 4. The summed E-state index contributed by atoms with van der Waals surface area (Å²) >= 11 is 0. The number of aliphatic carboxylic acids is 1. The van der Waals surface area contributed by atoms with Gasteiger partial charge in [0.05, 0.1) is 5.69 Å². The average Bonchev–Trinajstić information content (AvgIpc) is 2.89. The number of carboxylic acids is 1. The first-order chi connectivity index (χ1) is 8.68. The third-order valence-corrected chi connectivity index (χ3v) is 2.67. The van der Waals surface area contributed by atoms with Crippen molar-refractivity contribution in [1.29, 1.82) is 0 Å². The zero-order valence-corrected chi connectivity index (χ0v) is 9.73. The number of rotatable bonds is 5. The summed E-state index contributed by atoms with van der Waals surface area (Å²) in [4.78, 5) is 14.5. The minimum Gasteiger partial charge on any atom is -0.481 e. The molecule has 1 heterocycles. The van der Waals surface area contributed by atoms with E-state index >= 15 is 0 Å². The quantitative estimate of drug-likeness (QED) is 0.824. The van der Waals surface area contributed by atoms with Crippen LogP contribution >= 0.6 is 0 Å². The summed E-state index contributed by atoms with van der Waals surface area (Å²) in [7, 11) is 0. The van der Waals surface area contributed by atoms with Gasteiger partial charge in [-0.25, -0.2) is 9.67 Å². The molecular formula is C12H14N4O2. The molecule has 2 rings (SSSR count). The molecule has 3 N–H and O–H groups in total. The van der Waals surface area contributed by atoms with E-state index in [1.54, 1.807) is 11.0 Å². The standard InChI is InChI=1S/C12H14N4O2/c13-10(5-6-12(17)18)9-3-1-2-4-11(9)16-8-14-7-15-16/h1-4,7-8,10H,5-6,13H2,(H,17,18). The van der Waals surface area contributed by atoms with Crippen molar-refractivity contribution in [2.24, 2.45) is 5.73 Å². The third kappa shape index (κ3) is 2.72. The van der Waals surface area contributed by atoms with Crippen LogP contribution in [-0.4, -0.2) is 25.8 Å². The van der Waals surface area contributed by atoms with E-state index in [1.807, 2.05) is 24.3 Å². The second-order valence-corrected chi connectivity index (χ2v) is 3.94. The van der Waals surface area contributed by atoms with Gasteiger partial charge >= 0.3 is 5.97 Å². The Morgan fingerprint density at radius 1 is 1.44 bits per heavy atom. The molecule has 18 heavy (non-hydrogen) atoms. The molecule has 94 valence electrons. The van der Waals surface area contributed by atoms with Gasteiger partial charge in [-0.1, -0.05) is 18.2 Å². The SMILES string of the molecule is NC(CCC(=O)O)c1ccccc1-n1cncn1. The first kappa shape index (κ1) is 12.3. The van der Waals surface area contributed by atoms with Gasteiger partial charge in [-0.3, -0.25) is 4.79 Å². The number of nitrogens with zero attached hydrogens (tertiary/aromatic N) is 3. The van der Waals surface area contributed by atoms with E-state index in [2.05, 4.69) is 10.1 Å². The molecule has 0 bridgehead atoms. The lowest BCUT2D eigenvalue weighted by Gasteiger charge is -2.15. The predicted octanol–water partition coefficient (Wildman–Crippen LogP) is 1.13.